The van der Waals surface area contributed by atoms with Crippen molar-refractivity contribution >= 4 is 5.97 Å². The number of carbonyl (C=O) groups is 1. The van der Waals surface area contributed by atoms with Crippen LogP contribution in [0, 0.1) is 0 Å². The number of carboxylic acid groups (broad SMARTS) is 1. The molecule has 0 saturated carbocycles. The molecule has 0 aliphatic rings. The molecule has 0 heterocycles. The number of hydrogen-bond acceptors (Lipinski definition) is 3. The molecule has 0 radical (unpaired) electrons. The third-order valence-corrected chi connectivity index (χ3v) is 4.95. The maximum absolute atomic E-state index is 11.2. The molecule has 148 valence electrons. The fourth-order valence-electron chi connectivity index (χ4n) is 3.45. The molecule has 1 aromatic carbocycles. The Morgan fingerprint density at radius 3 is 2.08 bits per heavy atom. The topological polar surface area (TPSA) is 77.8 Å². The van der Waals surface area contributed by atoms with E-state index in [9.17, 15) is 20.1 Å². The third kappa shape index (κ3) is 9.23. The van der Waals surface area contributed by atoms with Crippen LogP contribution < -0.4 is 0 Å². The van der Waals surface area contributed by atoms with Gasteiger partial charge < -0.3 is 15.3 Å². The molecular formula is C22H36O4. The van der Waals surface area contributed by atoms with Gasteiger partial charge >= 0.3 is 5.97 Å². The fourth-order valence-corrected chi connectivity index (χ4v) is 3.45. The van der Waals surface area contributed by atoms with Crippen molar-refractivity contribution in [2.24, 2.45) is 0 Å². The normalized spacial score (nSPS) is 12.2. The van der Waals surface area contributed by atoms with E-state index in [0.29, 0.717) is 6.42 Å². The first-order valence-corrected chi connectivity index (χ1v) is 10.3. The van der Waals surface area contributed by atoms with Gasteiger partial charge in [-0.15, -0.1) is 0 Å². The molecule has 4 heteroatoms. The zero-order chi connectivity index (χ0) is 19.2. The first-order chi connectivity index (χ1) is 12.6. The van der Waals surface area contributed by atoms with Crippen LogP contribution in [0.5, 0.6) is 5.75 Å². The van der Waals surface area contributed by atoms with Crippen LogP contribution in [0.15, 0.2) is 18.2 Å². The van der Waals surface area contributed by atoms with Crippen LogP contribution in [0.25, 0.3) is 0 Å². The van der Waals surface area contributed by atoms with E-state index >= 15 is 0 Å². The Morgan fingerprint density at radius 2 is 1.50 bits per heavy atom. The highest BCUT2D eigenvalue weighted by Crippen LogP contribution is 2.23. The predicted molar refractivity (Wildman–Crippen MR) is 106 cm³/mol. The molecule has 1 unspecified atom stereocenters. The van der Waals surface area contributed by atoms with Crippen molar-refractivity contribution in [3.8, 4) is 5.75 Å². The minimum atomic E-state index is -1.06. The number of aromatic carboxylic acids is 1. The number of phenols is 1. The summed E-state index contributed by atoms with van der Waals surface area (Å²) in [4.78, 5) is 11.2. The van der Waals surface area contributed by atoms with Crippen molar-refractivity contribution in [1.29, 1.82) is 0 Å². The van der Waals surface area contributed by atoms with Crippen LogP contribution in [0.2, 0.25) is 0 Å². The lowest BCUT2D eigenvalue weighted by Crippen LogP contribution is -2.04. The summed E-state index contributed by atoms with van der Waals surface area (Å²) < 4.78 is 0. The van der Waals surface area contributed by atoms with Crippen molar-refractivity contribution in [2.45, 2.75) is 96.5 Å². The minimum Gasteiger partial charge on any atom is -0.507 e. The second kappa shape index (κ2) is 13.6. The smallest absolute Gasteiger partial charge is 0.339 e. The number of aromatic hydroxyl groups is 1. The Labute approximate surface area is 158 Å². The Balaban J connectivity index is 2.02. The van der Waals surface area contributed by atoms with Crippen LogP contribution in [-0.2, 0) is 6.42 Å². The van der Waals surface area contributed by atoms with Gasteiger partial charge in [0.2, 0.25) is 0 Å². The van der Waals surface area contributed by atoms with E-state index in [1.54, 1.807) is 12.1 Å². The summed E-state index contributed by atoms with van der Waals surface area (Å²) in [5, 5.41) is 28.5. The number of benzene rings is 1. The lowest BCUT2D eigenvalue weighted by atomic mass is 9.99. The molecule has 0 aliphatic heterocycles. The van der Waals surface area contributed by atoms with Gasteiger partial charge in [0.1, 0.15) is 11.3 Å². The molecule has 0 aromatic heterocycles. The molecule has 0 saturated heterocycles. The van der Waals surface area contributed by atoms with Crippen molar-refractivity contribution in [2.75, 3.05) is 0 Å². The standard InChI is InChI=1S/C22H36O4/c1-2-13-19(23)16-11-9-7-5-3-4-6-8-10-14-18-15-12-17-20(24)21(18)22(25)26/h12,15,17,19,23-24H,2-11,13-14,16H2,1H3,(H,25,26). The van der Waals surface area contributed by atoms with Crippen molar-refractivity contribution in [3.05, 3.63) is 29.3 Å². The van der Waals surface area contributed by atoms with Crippen LogP contribution >= 0.6 is 0 Å². The van der Waals surface area contributed by atoms with E-state index < -0.39 is 5.97 Å². The number of hydrogen-bond donors (Lipinski definition) is 3. The van der Waals surface area contributed by atoms with Gasteiger partial charge in [0.25, 0.3) is 0 Å². The number of aliphatic hydroxyl groups is 1. The van der Waals surface area contributed by atoms with E-state index in [1.165, 1.54) is 44.6 Å². The molecule has 0 aliphatic carbocycles. The highest BCUT2D eigenvalue weighted by molar-refractivity contribution is 5.92. The largest absolute Gasteiger partial charge is 0.507 e. The fraction of sp³-hybridized carbons (Fsp3) is 0.682. The van der Waals surface area contributed by atoms with E-state index in [-0.39, 0.29) is 17.4 Å². The summed E-state index contributed by atoms with van der Waals surface area (Å²) in [5.41, 5.74) is 0.777. The van der Waals surface area contributed by atoms with Crippen molar-refractivity contribution in [3.63, 3.8) is 0 Å². The predicted octanol–water partition coefficient (Wildman–Crippen LogP) is 5.69. The van der Waals surface area contributed by atoms with Crippen LogP contribution in [0.4, 0.5) is 0 Å². The average Bonchev–Trinajstić information content (AvgIpc) is 2.59. The molecule has 1 atom stereocenters. The summed E-state index contributed by atoms with van der Waals surface area (Å²) in [6, 6.07) is 4.93. The van der Waals surface area contributed by atoms with Gasteiger partial charge in [-0.3, -0.25) is 0 Å². The third-order valence-electron chi connectivity index (χ3n) is 4.95. The molecule has 0 bridgehead atoms. The molecule has 1 rings (SSSR count). The van der Waals surface area contributed by atoms with Crippen LogP contribution in [-0.4, -0.2) is 27.4 Å². The van der Waals surface area contributed by atoms with Crippen LogP contribution in [0.1, 0.15) is 99.9 Å². The number of aliphatic hydroxyl groups excluding tert-OH is 1. The number of unbranched alkanes of at least 4 members (excludes halogenated alkanes) is 8. The number of carboxylic acids is 1. The van der Waals surface area contributed by atoms with E-state index in [2.05, 4.69) is 6.92 Å². The molecule has 26 heavy (non-hydrogen) atoms. The zero-order valence-corrected chi connectivity index (χ0v) is 16.3. The summed E-state index contributed by atoms with van der Waals surface area (Å²) in [5.74, 6) is -1.20. The van der Waals surface area contributed by atoms with Gasteiger partial charge in [-0.25, -0.2) is 4.79 Å². The highest BCUT2D eigenvalue weighted by atomic mass is 16.4. The van der Waals surface area contributed by atoms with Crippen molar-refractivity contribution in [1.82, 2.24) is 0 Å². The highest BCUT2D eigenvalue weighted by Gasteiger charge is 2.14. The Kier molecular flexibility index (Phi) is 11.8. The first-order valence-electron chi connectivity index (χ1n) is 10.3. The van der Waals surface area contributed by atoms with Gasteiger partial charge in [0.05, 0.1) is 6.10 Å². The van der Waals surface area contributed by atoms with Crippen molar-refractivity contribution < 1.29 is 20.1 Å². The lowest BCUT2D eigenvalue weighted by molar-refractivity contribution is 0.0692. The monoisotopic (exact) mass is 364 g/mol. The Bertz CT molecular complexity index is 513. The van der Waals surface area contributed by atoms with Gasteiger partial charge in [-0.05, 0) is 37.3 Å². The van der Waals surface area contributed by atoms with E-state index in [4.69, 9.17) is 0 Å². The average molecular weight is 365 g/mol. The maximum atomic E-state index is 11.2. The first kappa shape index (κ1) is 22.5. The van der Waals surface area contributed by atoms with Gasteiger partial charge in [-0.1, -0.05) is 76.8 Å². The second-order valence-corrected chi connectivity index (χ2v) is 7.28. The van der Waals surface area contributed by atoms with E-state index in [0.717, 1.165) is 44.1 Å². The summed E-state index contributed by atoms with van der Waals surface area (Å²) in [6.45, 7) is 2.11. The molecule has 1 aromatic rings. The summed E-state index contributed by atoms with van der Waals surface area (Å²) >= 11 is 0. The minimum absolute atomic E-state index is 0.0524. The lowest BCUT2D eigenvalue weighted by Gasteiger charge is -2.08. The summed E-state index contributed by atoms with van der Waals surface area (Å²) in [6.07, 6.45) is 14.1. The number of aryl methyl sites for hydroxylation is 1. The van der Waals surface area contributed by atoms with Gasteiger partial charge in [-0.2, -0.15) is 0 Å². The summed E-state index contributed by atoms with van der Waals surface area (Å²) in [7, 11) is 0. The van der Waals surface area contributed by atoms with Gasteiger partial charge in [0.15, 0.2) is 0 Å². The molecule has 3 N–H and O–H groups in total. The maximum Gasteiger partial charge on any atom is 0.339 e. The molecule has 0 amide bonds. The van der Waals surface area contributed by atoms with Crippen LogP contribution in [0.3, 0.4) is 0 Å². The number of rotatable bonds is 15. The SMILES string of the molecule is CCCC(O)CCCCCCCCCCCc1cccc(O)c1C(=O)O. The quantitative estimate of drug-likeness (QED) is 0.349. The molecule has 4 nitrogen and oxygen atoms in total. The molecule has 0 fully saturated rings. The Hall–Kier alpha value is -1.55. The molecule has 0 spiro atoms. The Morgan fingerprint density at radius 1 is 0.923 bits per heavy atom. The molecular weight excluding hydrogens is 328 g/mol. The second-order valence-electron chi connectivity index (χ2n) is 7.28. The van der Waals surface area contributed by atoms with Gasteiger partial charge in [0, 0.05) is 0 Å². The zero-order valence-electron chi connectivity index (χ0n) is 16.3. The van der Waals surface area contributed by atoms with E-state index in [1.807, 2.05) is 0 Å².